The lowest BCUT2D eigenvalue weighted by Crippen LogP contribution is -1.96. The maximum Gasteiger partial charge on any atom is 0.150 e. The van der Waals surface area contributed by atoms with Crippen molar-refractivity contribution in [3.63, 3.8) is 0 Å². The van der Waals surface area contributed by atoms with Crippen LogP contribution in [0, 0.1) is 6.92 Å². The van der Waals surface area contributed by atoms with E-state index in [9.17, 15) is 4.79 Å². The van der Waals surface area contributed by atoms with Gasteiger partial charge in [0.2, 0.25) is 0 Å². The Morgan fingerprint density at radius 3 is 2.87 bits per heavy atom. The number of aryl methyl sites for hydroxylation is 1. The van der Waals surface area contributed by atoms with Crippen molar-refractivity contribution in [3.05, 3.63) is 46.2 Å². The Morgan fingerprint density at radius 1 is 1.47 bits per heavy atom. The summed E-state index contributed by atoms with van der Waals surface area (Å²) in [6.45, 7) is 1.97. The zero-order chi connectivity index (χ0) is 10.8. The van der Waals surface area contributed by atoms with Gasteiger partial charge < -0.3 is 0 Å². The Morgan fingerprint density at radius 2 is 2.27 bits per heavy atom. The Bertz CT molecular complexity index is 505. The van der Waals surface area contributed by atoms with Crippen molar-refractivity contribution in [2.75, 3.05) is 0 Å². The predicted molar refractivity (Wildman–Crippen MR) is 61.4 cm³/mol. The van der Waals surface area contributed by atoms with E-state index in [1.807, 2.05) is 19.2 Å². The fourth-order valence-corrected chi connectivity index (χ4v) is 1.75. The van der Waals surface area contributed by atoms with Gasteiger partial charge in [-0.3, -0.25) is 4.79 Å². The number of carbonyl (C=O) groups excluding carboxylic acids is 1. The van der Waals surface area contributed by atoms with Crippen molar-refractivity contribution in [1.82, 2.24) is 9.78 Å². The molecule has 0 amide bonds. The maximum absolute atomic E-state index is 10.7. The lowest BCUT2D eigenvalue weighted by atomic mass is 10.2. The SMILES string of the molecule is Cc1cnn(-c2cc(C=O)ccc2Br)c1. The second-order valence-corrected chi connectivity index (χ2v) is 4.15. The molecule has 3 nitrogen and oxygen atoms in total. The molecule has 15 heavy (non-hydrogen) atoms. The number of aromatic nitrogens is 2. The first-order chi connectivity index (χ1) is 7.20. The van der Waals surface area contributed by atoms with Crippen LogP contribution in [0.25, 0.3) is 5.69 Å². The molecule has 0 saturated carbocycles. The third-order valence-electron chi connectivity index (χ3n) is 2.06. The third kappa shape index (κ3) is 1.99. The van der Waals surface area contributed by atoms with Gasteiger partial charge in [-0.25, -0.2) is 4.68 Å². The first-order valence-electron chi connectivity index (χ1n) is 4.47. The van der Waals surface area contributed by atoms with E-state index in [1.54, 1.807) is 23.0 Å². The Kier molecular flexibility index (Phi) is 2.68. The number of hydrogen-bond acceptors (Lipinski definition) is 2. The molecule has 0 N–H and O–H groups in total. The van der Waals surface area contributed by atoms with Gasteiger partial charge in [-0.1, -0.05) is 6.07 Å². The largest absolute Gasteiger partial charge is 0.298 e. The number of hydrogen-bond donors (Lipinski definition) is 0. The molecule has 0 radical (unpaired) electrons. The monoisotopic (exact) mass is 264 g/mol. The molecule has 76 valence electrons. The molecule has 2 aromatic rings. The summed E-state index contributed by atoms with van der Waals surface area (Å²) >= 11 is 3.43. The van der Waals surface area contributed by atoms with Gasteiger partial charge in [0.15, 0.2) is 0 Å². The highest BCUT2D eigenvalue weighted by molar-refractivity contribution is 9.10. The topological polar surface area (TPSA) is 34.9 Å². The molecule has 0 fully saturated rings. The molecule has 4 heteroatoms. The van der Waals surface area contributed by atoms with E-state index in [0.29, 0.717) is 5.56 Å². The molecule has 0 bridgehead atoms. The lowest BCUT2D eigenvalue weighted by molar-refractivity contribution is 0.112. The van der Waals surface area contributed by atoms with Crippen LogP contribution in [-0.4, -0.2) is 16.1 Å². The van der Waals surface area contributed by atoms with Gasteiger partial charge in [0.1, 0.15) is 6.29 Å². The van der Waals surface area contributed by atoms with Gasteiger partial charge in [0, 0.05) is 16.2 Å². The second kappa shape index (κ2) is 3.98. The third-order valence-corrected chi connectivity index (χ3v) is 2.74. The minimum atomic E-state index is 0.640. The van der Waals surface area contributed by atoms with E-state index in [0.717, 1.165) is 22.0 Å². The first kappa shape index (κ1) is 10.1. The Balaban J connectivity index is 2.55. The molecule has 0 aliphatic carbocycles. The quantitative estimate of drug-likeness (QED) is 0.782. The molecule has 0 aliphatic rings. The predicted octanol–water partition coefficient (Wildman–Crippen LogP) is 2.76. The van der Waals surface area contributed by atoms with Gasteiger partial charge in [0.25, 0.3) is 0 Å². The molecule has 0 atom stereocenters. The minimum Gasteiger partial charge on any atom is -0.298 e. The van der Waals surface area contributed by atoms with Gasteiger partial charge in [-0.15, -0.1) is 0 Å². The molecule has 1 heterocycles. The molecular weight excluding hydrogens is 256 g/mol. The van der Waals surface area contributed by atoms with Crippen molar-refractivity contribution in [1.29, 1.82) is 0 Å². The number of aldehydes is 1. The van der Waals surface area contributed by atoms with E-state index in [1.165, 1.54) is 0 Å². The van der Waals surface area contributed by atoms with Crippen molar-refractivity contribution in [2.24, 2.45) is 0 Å². The fraction of sp³-hybridized carbons (Fsp3) is 0.0909. The standard InChI is InChI=1S/C11H9BrN2O/c1-8-5-13-14(6-8)11-4-9(7-15)2-3-10(11)12/h2-7H,1H3. The maximum atomic E-state index is 10.7. The highest BCUT2D eigenvalue weighted by atomic mass is 79.9. The summed E-state index contributed by atoms with van der Waals surface area (Å²) in [5, 5.41) is 4.19. The average Bonchev–Trinajstić information content (AvgIpc) is 2.65. The summed E-state index contributed by atoms with van der Waals surface area (Å²) < 4.78 is 2.66. The van der Waals surface area contributed by atoms with Gasteiger partial charge >= 0.3 is 0 Å². The summed E-state index contributed by atoms with van der Waals surface area (Å²) in [6.07, 6.45) is 4.51. The molecule has 0 aliphatic heterocycles. The van der Waals surface area contributed by atoms with Crippen LogP contribution >= 0.6 is 15.9 Å². The normalized spacial score (nSPS) is 10.3. The van der Waals surface area contributed by atoms with Crippen LogP contribution in [0.5, 0.6) is 0 Å². The Labute approximate surface area is 95.9 Å². The smallest absolute Gasteiger partial charge is 0.150 e. The van der Waals surface area contributed by atoms with E-state index in [-0.39, 0.29) is 0 Å². The lowest BCUT2D eigenvalue weighted by Gasteiger charge is -2.04. The highest BCUT2D eigenvalue weighted by Gasteiger charge is 2.04. The van der Waals surface area contributed by atoms with Gasteiger partial charge in [-0.05, 0) is 40.5 Å². The summed E-state index contributed by atoms with van der Waals surface area (Å²) in [7, 11) is 0. The van der Waals surface area contributed by atoms with Crippen LogP contribution in [0.3, 0.4) is 0 Å². The van der Waals surface area contributed by atoms with Crippen LogP contribution in [0.2, 0.25) is 0 Å². The van der Waals surface area contributed by atoms with Crippen molar-refractivity contribution >= 4 is 22.2 Å². The van der Waals surface area contributed by atoms with Gasteiger partial charge in [-0.2, -0.15) is 5.10 Å². The van der Waals surface area contributed by atoms with Crippen LogP contribution in [0.4, 0.5) is 0 Å². The number of carbonyl (C=O) groups is 1. The van der Waals surface area contributed by atoms with Crippen LogP contribution in [-0.2, 0) is 0 Å². The number of benzene rings is 1. The average molecular weight is 265 g/mol. The Hall–Kier alpha value is -1.42. The number of nitrogens with zero attached hydrogens (tertiary/aromatic N) is 2. The van der Waals surface area contributed by atoms with Gasteiger partial charge in [0.05, 0.1) is 11.9 Å². The van der Waals surface area contributed by atoms with Crippen LogP contribution in [0.15, 0.2) is 35.1 Å². The van der Waals surface area contributed by atoms with Crippen molar-refractivity contribution in [3.8, 4) is 5.69 Å². The van der Waals surface area contributed by atoms with Crippen molar-refractivity contribution in [2.45, 2.75) is 6.92 Å². The van der Waals surface area contributed by atoms with Crippen molar-refractivity contribution < 1.29 is 4.79 Å². The molecule has 0 unspecified atom stereocenters. The molecule has 0 spiro atoms. The number of halogens is 1. The highest BCUT2D eigenvalue weighted by Crippen LogP contribution is 2.21. The summed E-state index contributed by atoms with van der Waals surface area (Å²) in [5.74, 6) is 0. The molecule has 0 saturated heterocycles. The molecule has 2 rings (SSSR count). The minimum absolute atomic E-state index is 0.640. The van der Waals surface area contributed by atoms with E-state index < -0.39 is 0 Å². The summed E-state index contributed by atoms with van der Waals surface area (Å²) in [6, 6.07) is 5.40. The first-order valence-corrected chi connectivity index (χ1v) is 5.26. The fourth-order valence-electron chi connectivity index (χ4n) is 1.32. The zero-order valence-corrected chi connectivity index (χ0v) is 9.73. The zero-order valence-electron chi connectivity index (χ0n) is 8.14. The summed E-state index contributed by atoms with van der Waals surface area (Å²) in [4.78, 5) is 10.7. The number of rotatable bonds is 2. The summed E-state index contributed by atoms with van der Waals surface area (Å²) in [5.41, 5.74) is 2.59. The van der Waals surface area contributed by atoms with Crippen LogP contribution < -0.4 is 0 Å². The van der Waals surface area contributed by atoms with Crippen LogP contribution in [0.1, 0.15) is 15.9 Å². The second-order valence-electron chi connectivity index (χ2n) is 3.29. The molecular formula is C11H9BrN2O. The molecule has 1 aromatic heterocycles. The van der Waals surface area contributed by atoms with E-state index in [2.05, 4.69) is 21.0 Å². The van der Waals surface area contributed by atoms with E-state index >= 15 is 0 Å². The molecule has 1 aromatic carbocycles. The van der Waals surface area contributed by atoms with E-state index in [4.69, 9.17) is 0 Å².